The van der Waals surface area contributed by atoms with Gasteiger partial charge in [0.1, 0.15) is 0 Å². The van der Waals surface area contributed by atoms with Crippen molar-refractivity contribution in [3.8, 4) is 11.1 Å². The van der Waals surface area contributed by atoms with Crippen molar-refractivity contribution in [2.75, 3.05) is 0 Å². The van der Waals surface area contributed by atoms with Crippen LogP contribution in [0.3, 0.4) is 0 Å². The molecule has 3 nitrogen and oxygen atoms in total. The highest BCUT2D eigenvalue weighted by atomic mass is 19.2. The molecule has 0 saturated carbocycles. The number of halogens is 2. The van der Waals surface area contributed by atoms with Gasteiger partial charge in [0.25, 0.3) is 0 Å². The van der Waals surface area contributed by atoms with Crippen LogP contribution in [-0.4, -0.2) is 15.8 Å². The smallest absolute Gasteiger partial charge is 0.196 e. The van der Waals surface area contributed by atoms with Gasteiger partial charge in [0.05, 0.1) is 0 Å². The Balaban J connectivity index is 2.05. The number of aromatic amines is 1. The van der Waals surface area contributed by atoms with E-state index in [1.54, 1.807) is 24.5 Å². The van der Waals surface area contributed by atoms with E-state index in [9.17, 15) is 13.6 Å². The van der Waals surface area contributed by atoms with Gasteiger partial charge < -0.3 is 4.98 Å². The molecular formula is C16H10F2N2O. The minimum atomic E-state index is -0.950. The first-order valence-corrected chi connectivity index (χ1v) is 6.24. The molecular weight excluding hydrogens is 274 g/mol. The molecule has 0 bridgehead atoms. The van der Waals surface area contributed by atoms with Crippen LogP contribution in [0, 0.1) is 11.6 Å². The molecule has 0 fully saturated rings. The Labute approximate surface area is 119 Å². The van der Waals surface area contributed by atoms with Crippen LogP contribution in [0.4, 0.5) is 8.78 Å². The van der Waals surface area contributed by atoms with Gasteiger partial charge in [0, 0.05) is 41.5 Å². The van der Waals surface area contributed by atoms with E-state index >= 15 is 0 Å². The Bertz CT molecular complexity index is 797. The average Bonchev–Trinajstić information content (AvgIpc) is 2.99. The van der Waals surface area contributed by atoms with Gasteiger partial charge in [-0.15, -0.1) is 0 Å². The SMILES string of the molecule is O=C(c1cccnc1)c1c[nH]cc1-c1ccc(F)c(F)c1. The molecule has 3 rings (SSSR count). The molecule has 21 heavy (non-hydrogen) atoms. The molecule has 3 aromatic rings. The number of hydrogen-bond donors (Lipinski definition) is 1. The number of nitrogens with one attached hydrogen (secondary N) is 1. The number of benzene rings is 1. The fraction of sp³-hybridized carbons (Fsp3) is 0. The summed E-state index contributed by atoms with van der Waals surface area (Å²) in [5, 5.41) is 0. The molecule has 0 atom stereocenters. The zero-order chi connectivity index (χ0) is 14.8. The van der Waals surface area contributed by atoms with Crippen LogP contribution in [-0.2, 0) is 0 Å². The molecule has 0 amide bonds. The van der Waals surface area contributed by atoms with Gasteiger partial charge in [-0.25, -0.2) is 8.78 Å². The molecule has 104 valence electrons. The van der Waals surface area contributed by atoms with E-state index in [4.69, 9.17) is 0 Å². The maximum absolute atomic E-state index is 13.3. The van der Waals surface area contributed by atoms with Crippen molar-refractivity contribution in [1.82, 2.24) is 9.97 Å². The van der Waals surface area contributed by atoms with Crippen LogP contribution in [0.15, 0.2) is 55.1 Å². The maximum atomic E-state index is 13.3. The standard InChI is InChI=1S/C16H10F2N2O/c17-14-4-3-10(6-15(14)18)12-8-20-9-13(12)16(21)11-2-1-5-19-7-11/h1-9,20H. The number of nitrogens with zero attached hydrogens (tertiary/aromatic N) is 1. The fourth-order valence-electron chi connectivity index (χ4n) is 2.11. The predicted octanol–water partition coefficient (Wildman–Crippen LogP) is 3.59. The van der Waals surface area contributed by atoms with Crippen LogP contribution >= 0.6 is 0 Å². The van der Waals surface area contributed by atoms with Crippen LogP contribution < -0.4 is 0 Å². The average molecular weight is 284 g/mol. The summed E-state index contributed by atoms with van der Waals surface area (Å²) < 4.78 is 26.4. The topological polar surface area (TPSA) is 45.8 Å². The van der Waals surface area contributed by atoms with E-state index < -0.39 is 11.6 Å². The summed E-state index contributed by atoms with van der Waals surface area (Å²) in [4.78, 5) is 19.2. The quantitative estimate of drug-likeness (QED) is 0.747. The normalized spacial score (nSPS) is 10.6. The molecule has 0 unspecified atom stereocenters. The van der Waals surface area contributed by atoms with E-state index in [0.29, 0.717) is 22.3 Å². The molecule has 2 heterocycles. The van der Waals surface area contributed by atoms with E-state index in [1.165, 1.54) is 18.5 Å². The van der Waals surface area contributed by atoms with Crippen molar-refractivity contribution in [2.45, 2.75) is 0 Å². The molecule has 1 aromatic carbocycles. The third-order valence-corrected chi connectivity index (χ3v) is 3.14. The third kappa shape index (κ3) is 2.45. The fourth-order valence-corrected chi connectivity index (χ4v) is 2.11. The lowest BCUT2D eigenvalue weighted by Gasteiger charge is -2.04. The van der Waals surface area contributed by atoms with Crippen molar-refractivity contribution < 1.29 is 13.6 Å². The van der Waals surface area contributed by atoms with Gasteiger partial charge in [-0.1, -0.05) is 6.07 Å². The largest absolute Gasteiger partial charge is 0.366 e. The molecule has 0 spiro atoms. The Hall–Kier alpha value is -2.82. The molecule has 0 saturated heterocycles. The summed E-state index contributed by atoms with van der Waals surface area (Å²) in [6, 6.07) is 6.85. The minimum absolute atomic E-state index is 0.232. The number of carbonyl (C=O) groups excluding carboxylic acids is 1. The van der Waals surface area contributed by atoms with Gasteiger partial charge in [-0.3, -0.25) is 9.78 Å². The lowest BCUT2D eigenvalue weighted by Crippen LogP contribution is -2.02. The highest BCUT2D eigenvalue weighted by Gasteiger charge is 2.16. The predicted molar refractivity (Wildman–Crippen MR) is 73.8 cm³/mol. The molecule has 2 aromatic heterocycles. The first-order valence-electron chi connectivity index (χ1n) is 6.24. The number of rotatable bonds is 3. The maximum Gasteiger partial charge on any atom is 0.196 e. The van der Waals surface area contributed by atoms with Gasteiger partial charge in [-0.05, 0) is 29.8 Å². The zero-order valence-electron chi connectivity index (χ0n) is 10.8. The molecule has 0 radical (unpaired) electrons. The molecule has 0 aliphatic heterocycles. The van der Waals surface area contributed by atoms with Gasteiger partial charge in [0.2, 0.25) is 0 Å². The van der Waals surface area contributed by atoms with Gasteiger partial charge in [-0.2, -0.15) is 0 Å². The number of pyridine rings is 1. The summed E-state index contributed by atoms with van der Waals surface area (Å²) >= 11 is 0. The van der Waals surface area contributed by atoms with E-state index in [0.717, 1.165) is 12.1 Å². The Kier molecular flexibility index (Phi) is 3.31. The van der Waals surface area contributed by atoms with Crippen molar-refractivity contribution >= 4 is 5.78 Å². The molecule has 1 N–H and O–H groups in total. The van der Waals surface area contributed by atoms with E-state index in [-0.39, 0.29) is 5.78 Å². The van der Waals surface area contributed by atoms with E-state index in [2.05, 4.69) is 9.97 Å². The summed E-state index contributed by atoms with van der Waals surface area (Å²) in [5.41, 5.74) is 1.76. The second-order valence-electron chi connectivity index (χ2n) is 4.48. The lowest BCUT2D eigenvalue weighted by molar-refractivity contribution is 0.103. The third-order valence-electron chi connectivity index (χ3n) is 3.14. The molecule has 0 aliphatic carbocycles. The number of H-pyrrole nitrogens is 1. The van der Waals surface area contributed by atoms with Gasteiger partial charge in [0.15, 0.2) is 17.4 Å². The summed E-state index contributed by atoms with van der Waals surface area (Å²) in [6.45, 7) is 0. The zero-order valence-corrected chi connectivity index (χ0v) is 10.8. The summed E-state index contributed by atoms with van der Waals surface area (Å²) in [7, 11) is 0. The van der Waals surface area contributed by atoms with Crippen molar-refractivity contribution in [3.05, 3.63) is 77.9 Å². The minimum Gasteiger partial charge on any atom is -0.366 e. The van der Waals surface area contributed by atoms with Crippen LogP contribution in [0.5, 0.6) is 0 Å². The van der Waals surface area contributed by atoms with Crippen molar-refractivity contribution in [3.63, 3.8) is 0 Å². The summed E-state index contributed by atoms with van der Waals surface area (Å²) in [6.07, 6.45) is 6.15. The highest BCUT2D eigenvalue weighted by molar-refractivity contribution is 6.12. The molecule has 0 aliphatic rings. The number of aromatic nitrogens is 2. The number of ketones is 1. The molecule has 5 heteroatoms. The Morgan fingerprint density at radius 1 is 1.10 bits per heavy atom. The Morgan fingerprint density at radius 3 is 2.67 bits per heavy atom. The van der Waals surface area contributed by atoms with Crippen LogP contribution in [0.25, 0.3) is 11.1 Å². The van der Waals surface area contributed by atoms with Crippen molar-refractivity contribution in [2.24, 2.45) is 0 Å². The second-order valence-corrected chi connectivity index (χ2v) is 4.48. The first kappa shape index (κ1) is 13.2. The second kappa shape index (κ2) is 5.28. The van der Waals surface area contributed by atoms with E-state index in [1.807, 2.05) is 0 Å². The monoisotopic (exact) mass is 284 g/mol. The van der Waals surface area contributed by atoms with Crippen LogP contribution in [0.1, 0.15) is 15.9 Å². The number of carbonyl (C=O) groups is 1. The first-order chi connectivity index (χ1) is 10.2. The lowest BCUT2D eigenvalue weighted by atomic mass is 9.99. The number of hydrogen-bond acceptors (Lipinski definition) is 2. The van der Waals surface area contributed by atoms with Gasteiger partial charge >= 0.3 is 0 Å². The Morgan fingerprint density at radius 2 is 1.95 bits per heavy atom. The highest BCUT2D eigenvalue weighted by Crippen LogP contribution is 2.26. The summed E-state index contributed by atoms with van der Waals surface area (Å²) in [5.74, 6) is -2.10. The van der Waals surface area contributed by atoms with Crippen molar-refractivity contribution in [1.29, 1.82) is 0 Å². The van der Waals surface area contributed by atoms with Crippen LogP contribution in [0.2, 0.25) is 0 Å².